The van der Waals surface area contributed by atoms with Crippen LogP contribution in [0.3, 0.4) is 0 Å². The lowest BCUT2D eigenvalue weighted by Crippen LogP contribution is -1.98. The Morgan fingerprint density at radius 2 is 1.75 bits per heavy atom. The third kappa shape index (κ3) is 5.63. The van der Waals surface area contributed by atoms with Gasteiger partial charge in [-0.2, -0.15) is 0 Å². The summed E-state index contributed by atoms with van der Waals surface area (Å²) in [5.41, 5.74) is 2.41. The highest BCUT2D eigenvalue weighted by atomic mass is 19.1. The first-order valence-corrected chi connectivity index (χ1v) is 9.12. The molecule has 0 saturated heterocycles. The van der Waals surface area contributed by atoms with Crippen molar-refractivity contribution < 1.29 is 9.13 Å². The molecule has 0 aliphatic carbocycles. The maximum atomic E-state index is 14.3. The van der Waals surface area contributed by atoms with Gasteiger partial charge in [-0.25, -0.2) is 4.39 Å². The molecule has 2 rings (SSSR count). The Hall–Kier alpha value is -1.90. The minimum Gasteiger partial charge on any atom is -0.493 e. The quantitative estimate of drug-likeness (QED) is 0.485. The zero-order valence-electron chi connectivity index (χ0n) is 14.9. The summed E-state index contributed by atoms with van der Waals surface area (Å²) in [6.45, 7) is 4.98. The molecule has 0 aliphatic heterocycles. The molecule has 0 atom stereocenters. The predicted molar refractivity (Wildman–Crippen MR) is 97.9 cm³/mol. The summed E-state index contributed by atoms with van der Waals surface area (Å²) in [4.78, 5) is 4.42. The number of hydrogen-bond acceptors (Lipinski definition) is 2. The second kappa shape index (κ2) is 10.1. The van der Waals surface area contributed by atoms with E-state index < -0.39 is 0 Å². The average Bonchev–Trinajstić information content (AvgIpc) is 2.60. The van der Waals surface area contributed by atoms with Crippen LogP contribution in [-0.4, -0.2) is 11.6 Å². The van der Waals surface area contributed by atoms with Gasteiger partial charge in [-0.3, -0.25) is 4.98 Å². The van der Waals surface area contributed by atoms with Crippen LogP contribution in [-0.2, 0) is 6.42 Å². The lowest BCUT2D eigenvalue weighted by molar-refractivity contribution is 0.305. The zero-order chi connectivity index (χ0) is 17.2. The first kappa shape index (κ1) is 18.4. The third-order valence-corrected chi connectivity index (χ3v) is 4.13. The fraction of sp³-hybridized carbons (Fsp3) is 0.476. The number of aryl methyl sites for hydroxylation is 1. The summed E-state index contributed by atoms with van der Waals surface area (Å²) in [5, 5.41) is 0. The highest BCUT2D eigenvalue weighted by molar-refractivity contribution is 5.61. The molecule has 0 N–H and O–H groups in total. The van der Waals surface area contributed by atoms with Gasteiger partial charge in [0.05, 0.1) is 12.3 Å². The van der Waals surface area contributed by atoms with Gasteiger partial charge in [0.25, 0.3) is 0 Å². The van der Waals surface area contributed by atoms with Crippen LogP contribution in [0.1, 0.15) is 57.9 Å². The molecule has 0 spiro atoms. The van der Waals surface area contributed by atoms with Crippen LogP contribution in [0.25, 0.3) is 11.3 Å². The van der Waals surface area contributed by atoms with E-state index in [0.717, 1.165) is 25.7 Å². The van der Waals surface area contributed by atoms with Gasteiger partial charge in [-0.1, -0.05) is 45.6 Å². The number of ether oxygens (including phenoxy) is 1. The number of aromatic nitrogens is 1. The fourth-order valence-corrected chi connectivity index (χ4v) is 2.65. The summed E-state index contributed by atoms with van der Waals surface area (Å²) in [7, 11) is 0. The van der Waals surface area contributed by atoms with Crippen molar-refractivity contribution in [2.75, 3.05) is 6.61 Å². The second-order valence-electron chi connectivity index (χ2n) is 6.21. The van der Waals surface area contributed by atoms with E-state index in [1.54, 1.807) is 6.07 Å². The monoisotopic (exact) mass is 329 g/mol. The second-order valence-corrected chi connectivity index (χ2v) is 6.21. The van der Waals surface area contributed by atoms with Crippen LogP contribution in [0.5, 0.6) is 5.75 Å². The van der Waals surface area contributed by atoms with Crippen LogP contribution in [0.15, 0.2) is 36.5 Å². The average molecular weight is 329 g/mol. The van der Waals surface area contributed by atoms with E-state index in [2.05, 4.69) is 18.8 Å². The summed E-state index contributed by atoms with van der Waals surface area (Å²) < 4.78 is 19.9. The number of hydrogen-bond donors (Lipinski definition) is 0. The summed E-state index contributed by atoms with van der Waals surface area (Å²) in [6.07, 6.45) is 9.80. The topological polar surface area (TPSA) is 22.1 Å². The van der Waals surface area contributed by atoms with E-state index in [1.165, 1.54) is 30.9 Å². The number of nitrogens with zero attached hydrogens (tertiary/aromatic N) is 1. The van der Waals surface area contributed by atoms with Crippen molar-refractivity contribution >= 4 is 0 Å². The Bertz CT molecular complexity index is 610. The van der Waals surface area contributed by atoms with Crippen LogP contribution < -0.4 is 4.74 Å². The van der Waals surface area contributed by atoms with Gasteiger partial charge in [0, 0.05) is 17.8 Å². The highest BCUT2D eigenvalue weighted by Crippen LogP contribution is 2.25. The Labute approximate surface area is 145 Å². The largest absolute Gasteiger partial charge is 0.493 e. The van der Waals surface area contributed by atoms with E-state index in [0.29, 0.717) is 23.6 Å². The number of halogens is 1. The summed E-state index contributed by atoms with van der Waals surface area (Å²) in [6, 6.07) is 8.98. The SMILES string of the molecule is CCCCCOc1ccc(-c2ccc(CCCCC)cn2)c(F)c1. The Balaban J connectivity index is 1.98. The van der Waals surface area contributed by atoms with Gasteiger partial charge in [-0.15, -0.1) is 0 Å². The molecule has 1 heterocycles. The maximum absolute atomic E-state index is 14.3. The maximum Gasteiger partial charge on any atom is 0.136 e. The molecule has 0 fully saturated rings. The van der Waals surface area contributed by atoms with E-state index >= 15 is 0 Å². The molecule has 0 bridgehead atoms. The van der Waals surface area contributed by atoms with E-state index in [4.69, 9.17) is 4.74 Å². The van der Waals surface area contributed by atoms with E-state index in [9.17, 15) is 4.39 Å². The van der Waals surface area contributed by atoms with Crippen molar-refractivity contribution in [1.82, 2.24) is 4.98 Å². The van der Waals surface area contributed by atoms with Crippen LogP contribution in [0.2, 0.25) is 0 Å². The van der Waals surface area contributed by atoms with Crippen molar-refractivity contribution in [3.63, 3.8) is 0 Å². The standard InChI is InChI=1S/C21H28FNO/c1-3-5-7-9-17-10-13-21(23-16-17)19-12-11-18(15-20(19)22)24-14-8-6-4-2/h10-13,15-16H,3-9,14H2,1-2H3. The van der Waals surface area contributed by atoms with Gasteiger partial charge in [0.15, 0.2) is 0 Å². The molecule has 0 amide bonds. The molecule has 130 valence electrons. The van der Waals surface area contributed by atoms with Gasteiger partial charge in [0.2, 0.25) is 0 Å². The van der Waals surface area contributed by atoms with Gasteiger partial charge < -0.3 is 4.74 Å². The molecule has 3 heteroatoms. The normalized spacial score (nSPS) is 10.8. The Morgan fingerprint density at radius 1 is 0.958 bits per heavy atom. The van der Waals surface area contributed by atoms with Crippen LogP contribution >= 0.6 is 0 Å². The van der Waals surface area contributed by atoms with E-state index in [1.807, 2.05) is 24.4 Å². The number of benzene rings is 1. The molecule has 0 radical (unpaired) electrons. The fourth-order valence-electron chi connectivity index (χ4n) is 2.65. The molecule has 2 aromatic rings. The highest BCUT2D eigenvalue weighted by Gasteiger charge is 2.08. The van der Waals surface area contributed by atoms with Crippen molar-refractivity contribution in [2.24, 2.45) is 0 Å². The third-order valence-electron chi connectivity index (χ3n) is 4.13. The van der Waals surface area contributed by atoms with E-state index in [-0.39, 0.29) is 5.82 Å². The molecule has 1 aromatic carbocycles. The lowest BCUT2D eigenvalue weighted by atomic mass is 10.1. The molecule has 1 aromatic heterocycles. The molecule has 0 saturated carbocycles. The van der Waals surface area contributed by atoms with Crippen molar-refractivity contribution in [1.29, 1.82) is 0 Å². The Morgan fingerprint density at radius 3 is 2.42 bits per heavy atom. The number of pyridine rings is 1. The summed E-state index contributed by atoms with van der Waals surface area (Å²) >= 11 is 0. The van der Waals surface area contributed by atoms with Crippen molar-refractivity contribution in [2.45, 2.75) is 58.8 Å². The molecule has 0 unspecified atom stereocenters. The van der Waals surface area contributed by atoms with Crippen molar-refractivity contribution in [3.8, 4) is 17.0 Å². The number of unbranched alkanes of at least 4 members (excludes halogenated alkanes) is 4. The molecule has 2 nitrogen and oxygen atoms in total. The van der Waals surface area contributed by atoms with Crippen LogP contribution in [0, 0.1) is 5.82 Å². The Kier molecular flexibility index (Phi) is 7.73. The lowest BCUT2D eigenvalue weighted by Gasteiger charge is -2.09. The smallest absolute Gasteiger partial charge is 0.136 e. The molecular weight excluding hydrogens is 301 g/mol. The van der Waals surface area contributed by atoms with Gasteiger partial charge in [-0.05, 0) is 43.0 Å². The zero-order valence-corrected chi connectivity index (χ0v) is 14.9. The predicted octanol–water partition coefficient (Wildman–Crippen LogP) is 6.19. The summed E-state index contributed by atoms with van der Waals surface area (Å²) in [5.74, 6) is 0.303. The minimum absolute atomic E-state index is 0.283. The first-order chi connectivity index (χ1) is 11.7. The van der Waals surface area contributed by atoms with Gasteiger partial charge in [0.1, 0.15) is 11.6 Å². The van der Waals surface area contributed by atoms with Crippen LogP contribution in [0.4, 0.5) is 4.39 Å². The number of rotatable bonds is 10. The first-order valence-electron chi connectivity index (χ1n) is 9.12. The molecule has 24 heavy (non-hydrogen) atoms. The molecule has 0 aliphatic rings. The van der Waals surface area contributed by atoms with Gasteiger partial charge >= 0.3 is 0 Å². The minimum atomic E-state index is -0.283. The van der Waals surface area contributed by atoms with Crippen molar-refractivity contribution in [3.05, 3.63) is 47.9 Å². The molecular formula is C21H28FNO.